The summed E-state index contributed by atoms with van der Waals surface area (Å²) in [5, 5.41) is 2.88. The summed E-state index contributed by atoms with van der Waals surface area (Å²) in [5.74, 6) is -0.247. The minimum Gasteiger partial charge on any atom is -0.378 e. The Bertz CT molecular complexity index is 910. The highest BCUT2D eigenvalue weighted by Crippen LogP contribution is 2.32. The number of amides is 1. The molecule has 3 rings (SSSR count). The molecule has 1 aliphatic heterocycles. The van der Waals surface area contributed by atoms with Crippen LogP contribution in [0.15, 0.2) is 44.4 Å². The summed E-state index contributed by atoms with van der Waals surface area (Å²) in [6.07, 6.45) is 1.22. The van der Waals surface area contributed by atoms with Gasteiger partial charge in [-0.2, -0.15) is 4.31 Å². The average molecular weight is 472 g/mol. The maximum absolute atomic E-state index is 12.9. The SMILES string of the molecule is CN(C)c1ccc(CNC(=O)C2CCCN2S(=O)(=O)c2ccc(Br)s2)cc1. The summed E-state index contributed by atoms with van der Waals surface area (Å²) in [5.41, 5.74) is 2.06. The number of hydrogen-bond acceptors (Lipinski definition) is 5. The molecule has 2 heterocycles. The van der Waals surface area contributed by atoms with Gasteiger partial charge in [-0.05, 0) is 58.6 Å². The monoisotopic (exact) mass is 471 g/mol. The molecule has 0 spiro atoms. The van der Waals surface area contributed by atoms with Crippen LogP contribution in [-0.2, 0) is 21.4 Å². The van der Waals surface area contributed by atoms with Crippen LogP contribution in [0.3, 0.4) is 0 Å². The number of hydrogen-bond donors (Lipinski definition) is 1. The van der Waals surface area contributed by atoms with Crippen LogP contribution < -0.4 is 10.2 Å². The van der Waals surface area contributed by atoms with Crippen LogP contribution in [0.1, 0.15) is 18.4 Å². The van der Waals surface area contributed by atoms with Crippen LogP contribution in [0, 0.1) is 0 Å². The smallest absolute Gasteiger partial charge is 0.253 e. The molecule has 9 heteroatoms. The highest BCUT2D eigenvalue weighted by Gasteiger charge is 2.39. The van der Waals surface area contributed by atoms with E-state index in [9.17, 15) is 13.2 Å². The number of sulfonamides is 1. The molecular formula is C18H22BrN3O3S2. The molecule has 0 saturated carbocycles. The number of thiophene rings is 1. The Balaban J connectivity index is 1.67. The van der Waals surface area contributed by atoms with Crippen molar-refractivity contribution in [3.05, 3.63) is 45.7 Å². The third kappa shape index (κ3) is 4.53. The normalized spacial score (nSPS) is 17.8. The highest BCUT2D eigenvalue weighted by atomic mass is 79.9. The lowest BCUT2D eigenvalue weighted by atomic mass is 10.2. The molecule has 1 aromatic carbocycles. The first-order valence-electron chi connectivity index (χ1n) is 8.60. The largest absolute Gasteiger partial charge is 0.378 e. The van der Waals surface area contributed by atoms with Crippen molar-refractivity contribution in [2.45, 2.75) is 29.6 Å². The van der Waals surface area contributed by atoms with Gasteiger partial charge in [0, 0.05) is 32.9 Å². The lowest BCUT2D eigenvalue weighted by Crippen LogP contribution is -2.45. The van der Waals surface area contributed by atoms with Gasteiger partial charge in [-0.3, -0.25) is 4.79 Å². The number of halogens is 1. The topological polar surface area (TPSA) is 69.7 Å². The molecular weight excluding hydrogens is 450 g/mol. The summed E-state index contributed by atoms with van der Waals surface area (Å²) < 4.78 is 28.1. The number of carbonyl (C=O) groups is 1. The van der Waals surface area contributed by atoms with E-state index in [1.54, 1.807) is 12.1 Å². The molecule has 1 saturated heterocycles. The van der Waals surface area contributed by atoms with Crippen LogP contribution in [-0.4, -0.2) is 45.3 Å². The Hall–Kier alpha value is -1.42. The van der Waals surface area contributed by atoms with E-state index in [-0.39, 0.29) is 10.1 Å². The van der Waals surface area contributed by atoms with Crippen LogP contribution in [0.4, 0.5) is 5.69 Å². The van der Waals surface area contributed by atoms with Crippen molar-refractivity contribution in [1.29, 1.82) is 0 Å². The summed E-state index contributed by atoms with van der Waals surface area (Å²) in [6, 6.07) is 10.5. The molecule has 0 aliphatic carbocycles. The summed E-state index contributed by atoms with van der Waals surface area (Å²) in [4.78, 5) is 14.7. The molecule has 1 N–H and O–H groups in total. The predicted octanol–water partition coefficient (Wildman–Crippen LogP) is 3.05. The van der Waals surface area contributed by atoms with Gasteiger partial charge in [0.2, 0.25) is 5.91 Å². The predicted molar refractivity (Wildman–Crippen MR) is 112 cm³/mol. The van der Waals surface area contributed by atoms with Crippen molar-refractivity contribution >= 4 is 48.9 Å². The number of rotatable bonds is 6. The third-order valence-corrected chi connectivity index (χ3v) is 8.54. The quantitative estimate of drug-likeness (QED) is 0.702. The van der Waals surface area contributed by atoms with Crippen molar-refractivity contribution in [3.63, 3.8) is 0 Å². The van der Waals surface area contributed by atoms with E-state index in [2.05, 4.69) is 21.2 Å². The molecule has 1 atom stereocenters. The van der Waals surface area contributed by atoms with E-state index in [0.29, 0.717) is 25.9 Å². The van der Waals surface area contributed by atoms with Gasteiger partial charge in [0.15, 0.2) is 0 Å². The number of nitrogens with one attached hydrogen (secondary N) is 1. The van der Waals surface area contributed by atoms with Crippen molar-refractivity contribution < 1.29 is 13.2 Å². The third-order valence-electron chi connectivity index (χ3n) is 4.54. The molecule has 27 heavy (non-hydrogen) atoms. The number of benzene rings is 1. The first-order chi connectivity index (χ1) is 12.8. The lowest BCUT2D eigenvalue weighted by Gasteiger charge is -2.22. The maximum atomic E-state index is 12.9. The highest BCUT2D eigenvalue weighted by molar-refractivity contribution is 9.11. The Labute approximate surface area is 172 Å². The van der Waals surface area contributed by atoms with Gasteiger partial charge in [0.25, 0.3) is 10.0 Å². The fraction of sp³-hybridized carbons (Fsp3) is 0.389. The zero-order valence-electron chi connectivity index (χ0n) is 15.2. The Morgan fingerprint density at radius 1 is 1.26 bits per heavy atom. The molecule has 0 bridgehead atoms. The minimum atomic E-state index is -3.65. The second kappa shape index (κ2) is 8.30. The van der Waals surface area contributed by atoms with E-state index in [1.165, 1.54) is 4.31 Å². The molecule has 1 amide bonds. The Morgan fingerprint density at radius 2 is 1.96 bits per heavy atom. The molecule has 146 valence electrons. The van der Waals surface area contributed by atoms with Gasteiger partial charge in [0.1, 0.15) is 10.3 Å². The van der Waals surface area contributed by atoms with Crippen LogP contribution in [0.2, 0.25) is 0 Å². The molecule has 2 aromatic rings. The second-order valence-electron chi connectivity index (χ2n) is 6.61. The van der Waals surface area contributed by atoms with Gasteiger partial charge in [-0.15, -0.1) is 11.3 Å². The van der Waals surface area contributed by atoms with Crippen molar-refractivity contribution in [2.75, 3.05) is 25.5 Å². The van der Waals surface area contributed by atoms with E-state index in [0.717, 1.165) is 26.4 Å². The van der Waals surface area contributed by atoms with E-state index < -0.39 is 16.1 Å². The standard InChI is InChI=1S/C18H22BrN3O3S2/c1-21(2)14-7-5-13(6-8-14)12-20-18(23)15-4-3-11-22(15)27(24,25)17-10-9-16(19)26-17/h5-10,15H,3-4,11-12H2,1-2H3,(H,20,23). The zero-order chi connectivity index (χ0) is 19.6. The van der Waals surface area contributed by atoms with Crippen molar-refractivity contribution in [2.24, 2.45) is 0 Å². The molecule has 1 aliphatic rings. The van der Waals surface area contributed by atoms with E-state index >= 15 is 0 Å². The van der Waals surface area contributed by atoms with Gasteiger partial charge < -0.3 is 10.2 Å². The molecule has 1 unspecified atom stereocenters. The number of nitrogens with zero attached hydrogens (tertiary/aromatic N) is 2. The minimum absolute atomic E-state index is 0.247. The van der Waals surface area contributed by atoms with E-state index in [1.807, 2.05) is 43.3 Å². The van der Waals surface area contributed by atoms with Crippen LogP contribution in [0.25, 0.3) is 0 Å². The summed E-state index contributed by atoms with van der Waals surface area (Å²) in [7, 11) is 0.286. The number of anilines is 1. The average Bonchev–Trinajstić information content (AvgIpc) is 3.29. The van der Waals surface area contributed by atoms with E-state index in [4.69, 9.17) is 0 Å². The molecule has 0 radical (unpaired) electrons. The van der Waals surface area contributed by atoms with Crippen molar-refractivity contribution in [3.8, 4) is 0 Å². The second-order valence-corrected chi connectivity index (χ2v) is 11.2. The van der Waals surface area contributed by atoms with Crippen molar-refractivity contribution in [1.82, 2.24) is 9.62 Å². The first kappa shape index (κ1) is 20.3. The molecule has 1 fully saturated rings. The Morgan fingerprint density at radius 3 is 2.56 bits per heavy atom. The van der Waals surface area contributed by atoms with Gasteiger partial charge in [-0.1, -0.05) is 12.1 Å². The van der Waals surface area contributed by atoms with Gasteiger partial charge >= 0.3 is 0 Å². The maximum Gasteiger partial charge on any atom is 0.253 e. The lowest BCUT2D eigenvalue weighted by molar-refractivity contribution is -0.124. The first-order valence-corrected chi connectivity index (χ1v) is 11.6. The molecule has 1 aromatic heterocycles. The fourth-order valence-corrected chi connectivity index (χ4v) is 6.86. The van der Waals surface area contributed by atoms with Crippen LogP contribution in [0.5, 0.6) is 0 Å². The Kier molecular flexibility index (Phi) is 6.25. The number of carbonyl (C=O) groups excluding carboxylic acids is 1. The van der Waals surface area contributed by atoms with Crippen LogP contribution >= 0.6 is 27.3 Å². The summed E-state index contributed by atoms with van der Waals surface area (Å²) >= 11 is 4.46. The van der Waals surface area contributed by atoms with Gasteiger partial charge in [-0.25, -0.2) is 8.42 Å². The fourth-order valence-electron chi connectivity index (χ4n) is 3.06. The summed E-state index contributed by atoms with van der Waals surface area (Å²) in [6.45, 7) is 0.745. The van der Waals surface area contributed by atoms with Gasteiger partial charge in [0.05, 0.1) is 3.79 Å². The molecule has 6 nitrogen and oxygen atoms in total. The zero-order valence-corrected chi connectivity index (χ0v) is 18.4.